The zero-order valence-electron chi connectivity index (χ0n) is 25.4. The second-order valence-electron chi connectivity index (χ2n) is 12.0. The van der Waals surface area contributed by atoms with E-state index in [-0.39, 0.29) is 23.0 Å². The molecule has 0 saturated heterocycles. The number of hydrogen-bond donors (Lipinski definition) is 4. The molecule has 0 unspecified atom stereocenters. The summed E-state index contributed by atoms with van der Waals surface area (Å²) in [4.78, 5) is 0. The van der Waals surface area contributed by atoms with Gasteiger partial charge < -0.3 is 20.4 Å². The fourth-order valence-electron chi connectivity index (χ4n) is 6.33. The van der Waals surface area contributed by atoms with Crippen LogP contribution in [0.25, 0.3) is 0 Å². The lowest BCUT2D eigenvalue weighted by atomic mass is 9.70. The average molecular weight is 593 g/mol. The molecule has 0 heterocycles. The molecule has 4 heteroatoms. The minimum Gasteiger partial charge on any atom is -0.508 e. The van der Waals surface area contributed by atoms with E-state index in [2.05, 4.69) is 62.4 Å². The van der Waals surface area contributed by atoms with Crippen molar-refractivity contribution >= 4 is 0 Å². The molecule has 0 radical (unpaired) electrons. The topological polar surface area (TPSA) is 80.9 Å². The van der Waals surface area contributed by atoms with E-state index in [1.54, 1.807) is 48.5 Å². The first-order chi connectivity index (χ1) is 21.7. The average Bonchev–Trinajstić information content (AvgIpc) is 3.06. The Kier molecular flexibility index (Phi) is 7.82. The summed E-state index contributed by atoms with van der Waals surface area (Å²) in [7, 11) is 0. The zero-order chi connectivity index (χ0) is 31.6. The van der Waals surface area contributed by atoms with Crippen LogP contribution in [0.2, 0.25) is 0 Å². The van der Waals surface area contributed by atoms with Crippen molar-refractivity contribution < 1.29 is 20.4 Å². The summed E-state index contributed by atoms with van der Waals surface area (Å²) >= 11 is 0. The number of benzene rings is 6. The molecule has 0 aliphatic carbocycles. The highest BCUT2D eigenvalue weighted by molar-refractivity contribution is 5.53. The molecule has 0 fully saturated rings. The molecule has 0 aliphatic heterocycles. The van der Waals surface area contributed by atoms with Gasteiger partial charge in [-0.15, -0.1) is 0 Å². The van der Waals surface area contributed by atoms with E-state index in [9.17, 15) is 20.4 Å². The van der Waals surface area contributed by atoms with E-state index < -0.39 is 10.8 Å². The third-order valence-electron chi connectivity index (χ3n) is 9.25. The monoisotopic (exact) mass is 592 g/mol. The van der Waals surface area contributed by atoms with E-state index in [0.29, 0.717) is 0 Å². The van der Waals surface area contributed by atoms with Crippen molar-refractivity contribution in [2.24, 2.45) is 0 Å². The summed E-state index contributed by atoms with van der Waals surface area (Å²) in [6, 6.07) is 46.6. The molecule has 0 spiro atoms. The first-order valence-corrected chi connectivity index (χ1v) is 15.0. The van der Waals surface area contributed by atoms with Crippen LogP contribution in [0.3, 0.4) is 0 Å². The van der Waals surface area contributed by atoms with Crippen molar-refractivity contribution in [1.82, 2.24) is 0 Å². The molecule has 6 rings (SSSR count). The van der Waals surface area contributed by atoms with Gasteiger partial charge in [-0.3, -0.25) is 0 Å². The Morgan fingerprint density at radius 1 is 0.311 bits per heavy atom. The predicted octanol–water partition coefficient (Wildman–Crippen LogP) is 8.81. The zero-order valence-corrected chi connectivity index (χ0v) is 25.4. The maximum Gasteiger partial charge on any atom is 0.115 e. The molecule has 0 aromatic heterocycles. The van der Waals surface area contributed by atoms with Crippen LogP contribution in [-0.2, 0) is 17.3 Å². The molecule has 0 amide bonds. The first-order valence-electron chi connectivity index (χ1n) is 15.0. The summed E-state index contributed by atoms with van der Waals surface area (Å²) in [5.41, 5.74) is 7.77. The second kappa shape index (κ2) is 11.9. The Labute approximate surface area is 264 Å². The molecule has 0 bridgehead atoms. The SMILES string of the molecule is CC(c1ccc(O)cc1)(c1ccc(O)cc1)c1ccc(Cc2ccc(C(C)(c3ccc(O)cc3)c3ccc(O)cc3)cc2)cc1. The molecule has 0 atom stereocenters. The van der Waals surface area contributed by atoms with Crippen LogP contribution in [0.4, 0.5) is 0 Å². The quantitative estimate of drug-likeness (QED) is 0.133. The van der Waals surface area contributed by atoms with Gasteiger partial charge in [-0.05, 0) is 113 Å². The van der Waals surface area contributed by atoms with Crippen LogP contribution in [0.15, 0.2) is 146 Å². The van der Waals surface area contributed by atoms with Crippen LogP contribution < -0.4 is 0 Å². The molecule has 6 aromatic rings. The Morgan fingerprint density at radius 3 is 0.689 bits per heavy atom. The molecule has 6 aromatic carbocycles. The number of aromatic hydroxyl groups is 4. The van der Waals surface area contributed by atoms with Gasteiger partial charge in [0.1, 0.15) is 23.0 Å². The third kappa shape index (κ3) is 5.75. The molecule has 45 heavy (non-hydrogen) atoms. The van der Waals surface area contributed by atoms with E-state index in [1.165, 1.54) is 11.1 Å². The molecular weight excluding hydrogens is 556 g/mol. The van der Waals surface area contributed by atoms with Crippen LogP contribution in [0.1, 0.15) is 58.4 Å². The van der Waals surface area contributed by atoms with Crippen molar-refractivity contribution in [2.45, 2.75) is 31.1 Å². The van der Waals surface area contributed by atoms with Gasteiger partial charge in [0.05, 0.1) is 0 Å². The van der Waals surface area contributed by atoms with Crippen molar-refractivity contribution in [3.05, 3.63) is 190 Å². The van der Waals surface area contributed by atoms with Gasteiger partial charge in [0.15, 0.2) is 0 Å². The van der Waals surface area contributed by atoms with Crippen LogP contribution in [0, 0.1) is 0 Å². The van der Waals surface area contributed by atoms with E-state index in [0.717, 1.165) is 39.8 Å². The van der Waals surface area contributed by atoms with Gasteiger partial charge >= 0.3 is 0 Å². The lowest BCUT2D eigenvalue weighted by Crippen LogP contribution is -2.25. The lowest BCUT2D eigenvalue weighted by molar-refractivity contribution is 0.473. The molecule has 4 nitrogen and oxygen atoms in total. The standard InChI is InChI=1S/C41H36O4/c1-40(32-11-19-36(42)20-12-32,33-13-21-37(43)22-14-33)30-7-3-28(4-8-30)27-29-5-9-31(10-6-29)41(2,34-15-23-38(44)24-16-34)35-17-25-39(45)26-18-35/h3-26,42-45H,27H2,1-2H3. The van der Waals surface area contributed by atoms with E-state index >= 15 is 0 Å². The highest BCUT2D eigenvalue weighted by Crippen LogP contribution is 2.41. The third-order valence-corrected chi connectivity index (χ3v) is 9.25. The highest BCUT2D eigenvalue weighted by atomic mass is 16.3. The molecule has 4 N–H and O–H groups in total. The van der Waals surface area contributed by atoms with Gasteiger partial charge in [-0.1, -0.05) is 97.1 Å². The molecular formula is C41H36O4. The van der Waals surface area contributed by atoms with Crippen molar-refractivity contribution in [3.8, 4) is 23.0 Å². The Morgan fingerprint density at radius 2 is 0.489 bits per heavy atom. The molecule has 224 valence electrons. The van der Waals surface area contributed by atoms with Gasteiger partial charge in [0.2, 0.25) is 0 Å². The number of phenols is 4. The molecule has 0 saturated carbocycles. The Hall–Kier alpha value is -5.48. The van der Waals surface area contributed by atoms with Gasteiger partial charge in [-0.2, -0.15) is 0 Å². The van der Waals surface area contributed by atoms with Gasteiger partial charge in [0, 0.05) is 10.8 Å². The fourth-order valence-corrected chi connectivity index (χ4v) is 6.33. The predicted molar refractivity (Wildman–Crippen MR) is 179 cm³/mol. The molecule has 0 aliphatic rings. The Bertz CT molecular complexity index is 1640. The van der Waals surface area contributed by atoms with Crippen molar-refractivity contribution in [2.75, 3.05) is 0 Å². The normalized spacial score (nSPS) is 11.8. The number of phenolic OH excluding ortho intramolecular Hbond substituents is 4. The largest absolute Gasteiger partial charge is 0.508 e. The fraction of sp³-hybridized carbons (Fsp3) is 0.122. The number of rotatable bonds is 8. The number of hydrogen-bond acceptors (Lipinski definition) is 4. The van der Waals surface area contributed by atoms with E-state index in [4.69, 9.17) is 0 Å². The summed E-state index contributed by atoms with van der Waals surface area (Å²) in [5, 5.41) is 39.7. The van der Waals surface area contributed by atoms with Crippen molar-refractivity contribution in [3.63, 3.8) is 0 Å². The summed E-state index contributed by atoms with van der Waals surface area (Å²) in [5.74, 6) is 0.887. The van der Waals surface area contributed by atoms with Crippen molar-refractivity contribution in [1.29, 1.82) is 0 Å². The maximum absolute atomic E-state index is 9.92. The minimum absolute atomic E-state index is 0.222. The summed E-state index contributed by atoms with van der Waals surface area (Å²) < 4.78 is 0. The van der Waals surface area contributed by atoms with Gasteiger partial charge in [0.25, 0.3) is 0 Å². The highest BCUT2D eigenvalue weighted by Gasteiger charge is 2.32. The van der Waals surface area contributed by atoms with E-state index in [1.807, 2.05) is 48.5 Å². The smallest absolute Gasteiger partial charge is 0.115 e. The van der Waals surface area contributed by atoms with Crippen LogP contribution in [0.5, 0.6) is 23.0 Å². The minimum atomic E-state index is -0.492. The summed E-state index contributed by atoms with van der Waals surface area (Å²) in [6.45, 7) is 4.33. The Balaban J connectivity index is 1.29. The maximum atomic E-state index is 9.92. The lowest BCUT2D eigenvalue weighted by Gasteiger charge is -2.32. The van der Waals surface area contributed by atoms with Crippen LogP contribution in [-0.4, -0.2) is 20.4 Å². The van der Waals surface area contributed by atoms with Crippen LogP contribution >= 0.6 is 0 Å². The summed E-state index contributed by atoms with van der Waals surface area (Å²) in [6.07, 6.45) is 0.769. The van der Waals surface area contributed by atoms with Gasteiger partial charge in [-0.25, -0.2) is 0 Å². The second-order valence-corrected chi connectivity index (χ2v) is 12.0. The first kappa shape index (κ1) is 29.6.